The van der Waals surface area contributed by atoms with Crippen molar-refractivity contribution in [2.75, 3.05) is 59.5 Å². The van der Waals surface area contributed by atoms with Gasteiger partial charge >= 0.3 is 0 Å². The summed E-state index contributed by atoms with van der Waals surface area (Å²) < 4.78 is 24.6. The molecule has 2 aromatic rings. The van der Waals surface area contributed by atoms with Crippen LogP contribution in [0.3, 0.4) is 0 Å². The van der Waals surface area contributed by atoms with Gasteiger partial charge in [0, 0.05) is 39.3 Å². The Hall–Kier alpha value is -2.19. The highest BCUT2D eigenvalue weighted by Gasteiger charge is 2.19. The zero-order chi connectivity index (χ0) is 22.8. The molecule has 0 amide bonds. The summed E-state index contributed by atoms with van der Waals surface area (Å²) in [6, 6.07) is 12.5. The normalized spacial score (nSPS) is 16.1. The Morgan fingerprint density at radius 3 is 2.53 bits per heavy atom. The number of likely N-dealkylation sites (N-methyl/N-ethyl adjacent to an activating group) is 1. The number of benzene rings is 2. The molecule has 1 aliphatic heterocycles. The Balaban J connectivity index is 1.41. The molecule has 1 saturated heterocycles. The molecular weight excluding hydrogens is 409 g/mol. The second-order valence-corrected chi connectivity index (χ2v) is 8.24. The summed E-state index contributed by atoms with van der Waals surface area (Å²) in [6.07, 6.45) is 0.221. The second-order valence-electron chi connectivity index (χ2n) is 8.24. The molecule has 1 fully saturated rings. The zero-order valence-corrected chi connectivity index (χ0v) is 19.2. The van der Waals surface area contributed by atoms with Crippen LogP contribution in [0.4, 0.5) is 4.39 Å². The number of piperazine rings is 1. The fourth-order valence-electron chi connectivity index (χ4n) is 3.92. The Kier molecular flexibility index (Phi) is 9.74. The predicted molar refractivity (Wildman–Crippen MR) is 125 cm³/mol. The van der Waals surface area contributed by atoms with Crippen molar-refractivity contribution in [3.8, 4) is 11.5 Å². The lowest BCUT2D eigenvalue weighted by atomic mass is 10.1. The number of halogens is 1. The van der Waals surface area contributed by atoms with Crippen molar-refractivity contribution in [2.45, 2.75) is 26.0 Å². The van der Waals surface area contributed by atoms with Gasteiger partial charge in [-0.2, -0.15) is 0 Å². The third-order valence-corrected chi connectivity index (χ3v) is 5.85. The van der Waals surface area contributed by atoms with E-state index in [0.29, 0.717) is 24.6 Å². The van der Waals surface area contributed by atoms with E-state index in [1.165, 1.54) is 6.07 Å². The number of ether oxygens (including phenoxy) is 2. The molecule has 0 aliphatic carbocycles. The quantitative estimate of drug-likeness (QED) is 0.490. The van der Waals surface area contributed by atoms with Crippen molar-refractivity contribution in [2.24, 2.45) is 0 Å². The Bertz CT molecular complexity index is 828. The van der Waals surface area contributed by atoms with Crippen LogP contribution in [0.5, 0.6) is 11.5 Å². The third-order valence-electron chi connectivity index (χ3n) is 5.85. The summed E-state index contributed by atoms with van der Waals surface area (Å²) in [6.45, 7) is 9.61. The van der Waals surface area contributed by atoms with Crippen LogP contribution in [0.1, 0.15) is 18.1 Å². The number of rotatable bonds is 12. The molecule has 32 heavy (non-hydrogen) atoms. The molecule has 2 aromatic carbocycles. The highest BCUT2D eigenvalue weighted by molar-refractivity contribution is 5.43. The largest absolute Gasteiger partial charge is 0.493 e. The monoisotopic (exact) mass is 445 g/mol. The van der Waals surface area contributed by atoms with Gasteiger partial charge in [0.25, 0.3) is 0 Å². The highest BCUT2D eigenvalue weighted by Crippen LogP contribution is 2.28. The van der Waals surface area contributed by atoms with Crippen molar-refractivity contribution in [3.63, 3.8) is 0 Å². The molecule has 0 bridgehead atoms. The fraction of sp³-hybridized carbons (Fsp3) is 0.520. The second kappa shape index (κ2) is 12.7. The highest BCUT2D eigenvalue weighted by atomic mass is 19.1. The summed E-state index contributed by atoms with van der Waals surface area (Å²) in [5.41, 5.74) is 2.05. The molecule has 3 rings (SSSR count). The van der Waals surface area contributed by atoms with Gasteiger partial charge in [0.2, 0.25) is 0 Å². The van der Waals surface area contributed by atoms with Gasteiger partial charge in [-0.15, -0.1) is 0 Å². The Labute approximate surface area is 190 Å². The average molecular weight is 446 g/mol. The summed E-state index contributed by atoms with van der Waals surface area (Å²) in [5, 5.41) is 13.8. The fourth-order valence-corrected chi connectivity index (χ4v) is 3.92. The third kappa shape index (κ3) is 7.74. The van der Waals surface area contributed by atoms with E-state index in [4.69, 9.17) is 9.47 Å². The number of β-amino-alcohol motifs (C(OH)–C–C–N with tert-alkyl or cyclic N) is 1. The van der Waals surface area contributed by atoms with Gasteiger partial charge in [0.05, 0.1) is 7.11 Å². The number of nitrogens with zero attached hydrogens (tertiary/aromatic N) is 2. The molecular formula is C25H36FN3O3. The van der Waals surface area contributed by atoms with Crippen LogP contribution in [0.2, 0.25) is 0 Å². The van der Waals surface area contributed by atoms with Crippen LogP contribution < -0.4 is 14.8 Å². The van der Waals surface area contributed by atoms with Gasteiger partial charge in [-0.1, -0.05) is 25.1 Å². The SMILES string of the molecule is CCN1CCN(C[C@@H](O)COc2ccc(CNCCc3cccc(F)c3)cc2OC)CC1. The van der Waals surface area contributed by atoms with E-state index in [-0.39, 0.29) is 12.4 Å². The van der Waals surface area contributed by atoms with E-state index in [1.807, 2.05) is 24.3 Å². The lowest BCUT2D eigenvalue weighted by Gasteiger charge is -2.34. The van der Waals surface area contributed by atoms with E-state index in [9.17, 15) is 9.50 Å². The zero-order valence-electron chi connectivity index (χ0n) is 19.2. The van der Waals surface area contributed by atoms with Crippen molar-refractivity contribution in [1.29, 1.82) is 0 Å². The molecule has 176 valence electrons. The van der Waals surface area contributed by atoms with Gasteiger partial charge < -0.3 is 24.8 Å². The van der Waals surface area contributed by atoms with Gasteiger partial charge in [-0.3, -0.25) is 4.90 Å². The van der Waals surface area contributed by atoms with Crippen molar-refractivity contribution >= 4 is 0 Å². The number of aliphatic hydroxyl groups is 1. The first-order chi connectivity index (χ1) is 15.6. The lowest BCUT2D eigenvalue weighted by Crippen LogP contribution is -2.49. The van der Waals surface area contributed by atoms with Gasteiger partial charge in [0.1, 0.15) is 18.5 Å². The first-order valence-electron chi connectivity index (χ1n) is 11.4. The number of hydrogen-bond donors (Lipinski definition) is 2. The Morgan fingerprint density at radius 1 is 1.03 bits per heavy atom. The number of methoxy groups -OCH3 is 1. The molecule has 0 unspecified atom stereocenters. The van der Waals surface area contributed by atoms with E-state index in [0.717, 1.165) is 56.8 Å². The van der Waals surface area contributed by atoms with Crippen molar-refractivity contribution in [3.05, 3.63) is 59.4 Å². The molecule has 7 heteroatoms. The molecule has 6 nitrogen and oxygen atoms in total. The van der Waals surface area contributed by atoms with Crippen molar-refractivity contribution < 1.29 is 19.0 Å². The first kappa shape index (κ1) is 24.5. The minimum Gasteiger partial charge on any atom is -0.493 e. The van der Waals surface area contributed by atoms with E-state index in [2.05, 4.69) is 22.0 Å². The van der Waals surface area contributed by atoms with Crippen LogP contribution in [-0.2, 0) is 13.0 Å². The smallest absolute Gasteiger partial charge is 0.161 e. The minimum absolute atomic E-state index is 0.202. The average Bonchev–Trinajstić information content (AvgIpc) is 2.81. The Morgan fingerprint density at radius 2 is 1.81 bits per heavy atom. The van der Waals surface area contributed by atoms with Gasteiger partial charge in [0.15, 0.2) is 11.5 Å². The van der Waals surface area contributed by atoms with Crippen molar-refractivity contribution in [1.82, 2.24) is 15.1 Å². The van der Waals surface area contributed by atoms with E-state index < -0.39 is 6.10 Å². The van der Waals surface area contributed by atoms with Crippen LogP contribution in [0.25, 0.3) is 0 Å². The number of nitrogens with one attached hydrogen (secondary N) is 1. The molecule has 1 atom stereocenters. The maximum atomic E-state index is 13.3. The lowest BCUT2D eigenvalue weighted by molar-refractivity contribution is 0.0464. The number of aliphatic hydroxyl groups excluding tert-OH is 1. The summed E-state index contributed by atoms with van der Waals surface area (Å²) in [4.78, 5) is 4.71. The summed E-state index contributed by atoms with van der Waals surface area (Å²) in [5.74, 6) is 1.08. The maximum Gasteiger partial charge on any atom is 0.161 e. The maximum absolute atomic E-state index is 13.3. The predicted octanol–water partition coefficient (Wildman–Crippen LogP) is 2.54. The molecule has 0 radical (unpaired) electrons. The molecule has 0 aromatic heterocycles. The van der Waals surface area contributed by atoms with Crippen LogP contribution >= 0.6 is 0 Å². The summed E-state index contributed by atoms with van der Waals surface area (Å²) >= 11 is 0. The first-order valence-corrected chi connectivity index (χ1v) is 11.4. The van der Waals surface area contributed by atoms with Crippen LogP contribution in [0.15, 0.2) is 42.5 Å². The molecule has 1 heterocycles. The molecule has 2 N–H and O–H groups in total. The number of hydrogen-bond acceptors (Lipinski definition) is 6. The minimum atomic E-state index is -0.544. The van der Waals surface area contributed by atoms with Crippen LogP contribution in [-0.4, -0.2) is 80.5 Å². The summed E-state index contributed by atoms with van der Waals surface area (Å²) in [7, 11) is 1.62. The van der Waals surface area contributed by atoms with Crippen LogP contribution in [0, 0.1) is 5.82 Å². The van der Waals surface area contributed by atoms with E-state index >= 15 is 0 Å². The molecule has 1 aliphatic rings. The standard InChI is InChI=1S/C25H36FN3O3/c1-3-28-11-13-29(14-12-28)18-23(30)19-32-24-8-7-21(16-25(24)31-2)17-27-10-9-20-5-4-6-22(26)15-20/h4-8,15-16,23,27,30H,3,9-14,17-19H2,1-2H3/t23-/m1/s1. The van der Waals surface area contributed by atoms with Gasteiger partial charge in [-0.25, -0.2) is 4.39 Å². The van der Waals surface area contributed by atoms with Gasteiger partial charge in [-0.05, 0) is 54.9 Å². The molecule has 0 spiro atoms. The molecule has 0 saturated carbocycles. The topological polar surface area (TPSA) is 57.2 Å². The van der Waals surface area contributed by atoms with E-state index in [1.54, 1.807) is 19.2 Å².